The number of sulfonamides is 1. The number of rotatable bonds is 9. The second-order valence-electron chi connectivity index (χ2n) is 15.8. The third kappa shape index (κ3) is 9.32. The van der Waals surface area contributed by atoms with E-state index in [9.17, 15) is 26.4 Å². The number of halogens is 1. The molecule has 4 atom stereocenters. The minimum absolute atomic E-state index is 0.0424. The van der Waals surface area contributed by atoms with E-state index in [1.165, 1.54) is 10.6 Å². The monoisotopic (exact) mass is 874 g/mol. The summed E-state index contributed by atoms with van der Waals surface area (Å²) in [5, 5.41) is 6.94. The van der Waals surface area contributed by atoms with Crippen molar-refractivity contribution in [3.8, 4) is 0 Å². The number of aromatic nitrogens is 4. The average molecular weight is 876 g/mol. The number of fused-ring (bicyclic) bond motifs is 2. The summed E-state index contributed by atoms with van der Waals surface area (Å²) < 4.78 is 50.9. The van der Waals surface area contributed by atoms with Crippen LogP contribution in [0.1, 0.15) is 55.5 Å². The lowest BCUT2D eigenvalue weighted by Crippen LogP contribution is -2.49. The highest BCUT2D eigenvalue weighted by atomic mass is 35.5. The molecule has 5 aliphatic rings. The van der Waals surface area contributed by atoms with Gasteiger partial charge in [0.15, 0.2) is 0 Å². The summed E-state index contributed by atoms with van der Waals surface area (Å²) in [6.07, 6.45) is 6.51. The van der Waals surface area contributed by atoms with Crippen molar-refractivity contribution in [3.63, 3.8) is 0 Å². The Bertz CT molecular complexity index is 2210. The first-order valence-electron chi connectivity index (χ1n) is 19.6. The van der Waals surface area contributed by atoms with Crippen LogP contribution in [-0.4, -0.2) is 146 Å². The molecule has 2 N–H and O–H groups in total. The number of aryl methyl sites for hydroxylation is 2. The topological polar surface area (TPSA) is 191 Å². The van der Waals surface area contributed by atoms with Crippen LogP contribution in [0.5, 0.6) is 0 Å². The van der Waals surface area contributed by atoms with Crippen LogP contribution in [0.2, 0.25) is 5.28 Å². The summed E-state index contributed by atoms with van der Waals surface area (Å²) >= 11 is 5.92. The zero-order valence-corrected chi connectivity index (χ0v) is 36.5. The van der Waals surface area contributed by atoms with Crippen LogP contribution >= 0.6 is 11.6 Å². The van der Waals surface area contributed by atoms with Crippen molar-refractivity contribution in [2.24, 2.45) is 0 Å². The molecule has 0 saturated carbocycles. The number of carbonyl (C=O) groups excluding carboxylic acids is 2. The first kappa shape index (κ1) is 42.3. The largest absolute Gasteiger partial charge is 0.364 e. The van der Waals surface area contributed by atoms with Crippen LogP contribution in [-0.2, 0) is 59.5 Å². The fraction of sp³-hybridized carbons (Fsp3) is 0.579. The van der Waals surface area contributed by atoms with Gasteiger partial charge in [0.05, 0.1) is 39.2 Å². The molecule has 5 aliphatic heterocycles. The molecule has 0 spiro atoms. The van der Waals surface area contributed by atoms with Crippen molar-refractivity contribution in [3.05, 3.63) is 52.6 Å². The summed E-state index contributed by atoms with van der Waals surface area (Å²) in [4.78, 5) is 48.4. The van der Waals surface area contributed by atoms with Crippen LogP contribution in [0.3, 0.4) is 0 Å². The lowest BCUT2D eigenvalue weighted by atomic mass is 9.72. The highest BCUT2D eigenvalue weighted by Crippen LogP contribution is 2.39. The van der Waals surface area contributed by atoms with Gasteiger partial charge in [0.2, 0.25) is 33.1 Å². The number of piperidine rings is 3. The number of likely N-dealkylation sites (tertiary alicyclic amines) is 2. The molecule has 8 rings (SSSR count). The predicted molar refractivity (Wildman–Crippen MR) is 225 cm³/mol. The standard InChI is InChI=1S/C26H36N6O4S2.C12H15ClN4O2S/c1-30-17-20(9-10-22(30)33)27-24-23-21(11-16-37(23)34)28-25(29-24)32-14-12-26(13-15-32,18-31(2)38(3,35)36)19-7-5-4-6-8-19;1-17-6-7(2-3-9(17)18)14-11-10-8(4-5-20(10)19)15-12(13)16-11/h4-8,20H,9-18H2,1-3H3,(H,27,28,29);7H,2-6H2,1H3,(H,14,15,16)/t20-,37?;7-,20?/m00/s1. The third-order valence-corrected chi connectivity index (χ3v) is 16.1. The van der Waals surface area contributed by atoms with E-state index in [2.05, 4.69) is 37.6 Å². The normalized spacial score (nSPS) is 24.3. The molecule has 58 heavy (non-hydrogen) atoms. The Morgan fingerprint density at radius 3 is 1.84 bits per heavy atom. The molecule has 3 saturated heterocycles. The number of likely N-dealkylation sites (N-methyl/N-ethyl adjacent to an activating group) is 3. The summed E-state index contributed by atoms with van der Waals surface area (Å²) in [5.41, 5.74) is 2.42. The summed E-state index contributed by atoms with van der Waals surface area (Å²) in [6, 6.07) is 10.3. The number of carbonyl (C=O) groups is 2. The molecule has 0 aliphatic carbocycles. The van der Waals surface area contributed by atoms with Gasteiger partial charge in [-0.05, 0) is 42.8 Å². The zero-order valence-electron chi connectivity index (χ0n) is 33.3. The van der Waals surface area contributed by atoms with Crippen LogP contribution < -0.4 is 15.5 Å². The number of hydrogen-bond donors (Lipinski definition) is 2. The van der Waals surface area contributed by atoms with Gasteiger partial charge in [0.25, 0.3) is 0 Å². The molecule has 2 amide bonds. The number of nitrogens with one attached hydrogen (secondary N) is 2. The maximum absolute atomic E-state index is 12.8. The summed E-state index contributed by atoms with van der Waals surface area (Å²) in [5.74, 6) is 3.19. The van der Waals surface area contributed by atoms with E-state index in [1.54, 1.807) is 30.9 Å². The first-order valence-corrected chi connectivity index (χ1v) is 24.4. The molecular weight excluding hydrogens is 824 g/mol. The maximum atomic E-state index is 12.8. The Hall–Kier alpha value is -3.78. The highest BCUT2D eigenvalue weighted by Gasteiger charge is 2.40. The Labute approximate surface area is 349 Å². The quantitative estimate of drug-likeness (QED) is 0.299. The van der Waals surface area contributed by atoms with Crippen molar-refractivity contribution < 1.29 is 26.4 Å². The number of benzene rings is 1. The second-order valence-corrected chi connectivity index (χ2v) is 21.3. The first-order chi connectivity index (χ1) is 27.6. The minimum atomic E-state index is -3.32. The Morgan fingerprint density at radius 2 is 1.33 bits per heavy atom. The number of anilines is 3. The van der Waals surface area contributed by atoms with Gasteiger partial charge >= 0.3 is 0 Å². The van der Waals surface area contributed by atoms with E-state index in [4.69, 9.17) is 21.6 Å². The van der Waals surface area contributed by atoms with Gasteiger partial charge in [0.1, 0.15) is 21.4 Å². The van der Waals surface area contributed by atoms with Gasteiger partial charge in [-0.2, -0.15) is 9.97 Å². The summed E-state index contributed by atoms with van der Waals surface area (Å²) in [6.45, 7) is 2.95. The van der Waals surface area contributed by atoms with Crippen molar-refractivity contribution in [1.82, 2.24) is 34.0 Å². The second kappa shape index (κ2) is 17.4. The van der Waals surface area contributed by atoms with Crippen molar-refractivity contribution in [1.29, 1.82) is 0 Å². The SMILES string of the molecule is CN1C[C@@H](Nc2nc(Cl)nc3c2S(=O)CC3)CCC1=O.CN1C[C@@H](Nc2nc(N3CCC(CN(C)S(C)(=O)=O)(c4ccccc4)CC3)nc3c2S(=O)CC3)CCC1=O. The fourth-order valence-corrected chi connectivity index (χ4v) is 11.6. The number of nitrogens with zero attached hydrogens (tertiary/aromatic N) is 8. The predicted octanol–water partition coefficient (Wildman–Crippen LogP) is 2.43. The highest BCUT2D eigenvalue weighted by molar-refractivity contribution is 7.88. The lowest BCUT2D eigenvalue weighted by molar-refractivity contribution is -0.132. The summed E-state index contributed by atoms with van der Waals surface area (Å²) in [7, 11) is -0.298. The van der Waals surface area contributed by atoms with Crippen molar-refractivity contribution >= 4 is 72.6 Å². The van der Waals surface area contributed by atoms with Gasteiger partial charge in [0, 0.05) is 109 Å². The van der Waals surface area contributed by atoms with E-state index in [1.807, 2.05) is 18.2 Å². The van der Waals surface area contributed by atoms with Gasteiger partial charge in [-0.15, -0.1) is 0 Å². The number of amides is 2. The van der Waals surface area contributed by atoms with Gasteiger partial charge in [-0.25, -0.2) is 22.7 Å². The van der Waals surface area contributed by atoms with E-state index >= 15 is 0 Å². The Balaban J connectivity index is 0.000000214. The van der Waals surface area contributed by atoms with E-state index in [0.717, 1.165) is 36.2 Å². The Kier molecular flexibility index (Phi) is 12.7. The van der Waals surface area contributed by atoms with Gasteiger partial charge < -0.3 is 25.3 Å². The molecule has 3 aromatic rings. The van der Waals surface area contributed by atoms with Crippen LogP contribution in [0, 0.1) is 0 Å². The minimum Gasteiger partial charge on any atom is -0.364 e. The van der Waals surface area contributed by atoms with E-state index in [-0.39, 0.29) is 34.6 Å². The smallest absolute Gasteiger partial charge is 0.227 e. The molecule has 2 unspecified atom stereocenters. The van der Waals surface area contributed by atoms with Crippen molar-refractivity contribution in [2.45, 2.75) is 78.7 Å². The molecule has 0 bridgehead atoms. The lowest BCUT2D eigenvalue weighted by Gasteiger charge is -2.44. The van der Waals surface area contributed by atoms with E-state index in [0.29, 0.717) is 104 Å². The Morgan fingerprint density at radius 1 is 0.810 bits per heavy atom. The van der Waals surface area contributed by atoms with Crippen LogP contribution in [0.25, 0.3) is 0 Å². The molecule has 1 aromatic carbocycles. The average Bonchev–Trinajstić information content (AvgIpc) is 3.76. The van der Waals surface area contributed by atoms with E-state index < -0.39 is 31.6 Å². The third-order valence-electron chi connectivity index (χ3n) is 11.8. The molecule has 0 radical (unpaired) electrons. The maximum Gasteiger partial charge on any atom is 0.227 e. The van der Waals surface area contributed by atoms with Crippen LogP contribution in [0.15, 0.2) is 40.1 Å². The molecule has 3 fully saturated rings. The fourth-order valence-electron chi connectivity index (χ4n) is 8.34. The van der Waals surface area contributed by atoms with Crippen molar-refractivity contribution in [2.75, 3.05) is 87.2 Å². The molecular formula is C38H51ClN10O6S3. The molecule has 2 aromatic heterocycles. The van der Waals surface area contributed by atoms with Gasteiger partial charge in [-0.3, -0.25) is 18.0 Å². The molecule has 314 valence electrons. The molecule has 16 nitrogen and oxygen atoms in total. The molecule has 7 heterocycles. The zero-order chi connectivity index (χ0) is 41.4. The van der Waals surface area contributed by atoms with Gasteiger partial charge in [-0.1, -0.05) is 30.3 Å². The van der Waals surface area contributed by atoms with Crippen LogP contribution in [0.4, 0.5) is 17.6 Å². The number of hydrogen-bond acceptors (Lipinski definition) is 13. The molecule has 20 heteroatoms.